The van der Waals surface area contributed by atoms with Gasteiger partial charge in [0.15, 0.2) is 0 Å². The fourth-order valence-corrected chi connectivity index (χ4v) is 6.39. The van der Waals surface area contributed by atoms with Gasteiger partial charge in [-0.05, 0) is 50.8 Å². The second-order valence-corrected chi connectivity index (χ2v) is 12.5. The highest BCUT2D eigenvalue weighted by atomic mass is 16.5. The number of carbonyl (C=O) groups is 4. The lowest BCUT2D eigenvalue weighted by molar-refractivity contribution is -0.146. The predicted molar refractivity (Wildman–Crippen MR) is 176 cm³/mol. The summed E-state index contributed by atoms with van der Waals surface area (Å²) in [5.41, 5.74) is 6.49. The number of carboxylic acid groups (broad SMARTS) is 1. The zero-order chi connectivity index (χ0) is 33.1. The Morgan fingerprint density at radius 3 is 2.28 bits per heavy atom. The number of aromatic amines is 1. The Balaban J connectivity index is 0.000000331. The minimum absolute atomic E-state index is 0.209. The standard InChI is InChI=1S/C26H40N4O4.C9H7NO2/c1-19-17-30(18-20(2)34-19)15-9-14-28-23(31)22(16-21-10-5-3-6-11-21)29-25(33)26(24(27)32)12-7-4-8-13-26;11-9(12)8-5-6-3-1-2-4-7(6)10-8/h3,5-6,10-11,19-20,22H,4,7-9,12-18H2,1-2H3,(H2,27,32)(H,28,31)(H,29,33);1-5,10H,(H,11,12). The van der Waals surface area contributed by atoms with Gasteiger partial charge < -0.3 is 31.2 Å². The number of aromatic carboxylic acids is 1. The van der Waals surface area contributed by atoms with Crippen molar-refractivity contribution in [2.75, 3.05) is 26.2 Å². The number of carboxylic acids is 1. The number of nitrogens with one attached hydrogen (secondary N) is 3. The molecule has 1 saturated carbocycles. The van der Waals surface area contributed by atoms with E-state index in [1.807, 2.05) is 54.6 Å². The summed E-state index contributed by atoms with van der Waals surface area (Å²) < 4.78 is 5.78. The molecule has 1 aliphatic carbocycles. The fraction of sp³-hybridized carbons (Fsp3) is 0.486. The number of amides is 3. The molecular weight excluding hydrogens is 586 g/mol. The molecule has 11 nitrogen and oxygen atoms in total. The van der Waals surface area contributed by atoms with Crippen molar-refractivity contribution in [1.82, 2.24) is 20.5 Å². The number of carbonyl (C=O) groups excluding carboxylic acids is 3. The molecule has 3 aromatic rings. The molecule has 1 saturated heterocycles. The Bertz CT molecular complexity index is 1430. The highest BCUT2D eigenvalue weighted by Crippen LogP contribution is 2.36. The quantitative estimate of drug-likeness (QED) is 0.159. The SMILES string of the molecule is CC1CN(CCCNC(=O)C(Cc2ccccc2)NC(=O)C2(C(N)=O)CCCCC2)CC(C)O1.O=C(O)c1cc2ccccc2[nH]1. The average molecular weight is 634 g/mol. The first kappa shape index (κ1) is 34.6. The van der Waals surface area contributed by atoms with Gasteiger partial charge in [-0.2, -0.15) is 0 Å². The zero-order valence-corrected chi connectivity index (χ0v) is 26.8. The molecule has 0 spiro atoms. The number of para-hydroxylation sites is 1. The fourth-order valence-electron chi connectivity index (χ4n) is 6.39. The van der Waals surface area contributed by atoms with Gasteiger partial charge in [-0.25, -0.2) is 4.79 Å². The number of hydrogen-bond donors (Lipinski definition) is 5. The van der Waals surface area contributed by atoms with Crippen molar-refractivity contribution in [2.24, 2.45) is 11.1 Å². The molecule has 1 aliphatic heterocycles. The van der Waals surface area contributed by atoms with Crippen molar-refractivity contribution in [1.29, 1.82) is 0 Å². The van der Waals surface area contributed by atoms with Crippen LogP contribution in [0.3, 0.4) is 0 Å². The number of fused-ring (bicyclic) bond motifs is 1. The van der Waals surface area contributed by atoms with Crippen molar-refractivity contribution < 1.29 is 29.0 Å². The molecule has 2 heterocycles. The van der Waals surface area contributed by atoms with E-state index in [1.54, 1.807) is 6.07 Å². The van der Waals surface area contributed by atoms with Gasteiger partial charge >= 0.3 is 5.97 Å². The Kier molecular flexibility index (Phi) is 12.3. The van der Waals surface area contributed by atoms with Crippen LogP contribution in [0.25, 0.3) is 10.9 Å². The summed E-state index contributed by atoms with van der Waals surface area (Å²) in [4.78, 5) is 54.3. The number of hydrogen-bond acceptors (Lipinski definition) is 6. The Morgan fingerprint density at radius 2 is 1.65 bits per heavy atom. The van der Waals surface area contributed by atoms with Crippen LogP contribution in [0.4, 0.5) is 0 Å². The number of H-pyrrole nitrogens is 1. The summed E-state index contributed by atoms with van der Waals surface area (Å²) >= 11 is 0. The molecular formula is C35H47N5O6. The normalized spacial score (nSPS) is 20.1. The maximum Gasteiger partial charge on any atom is 0.352 e. The van der Waals surface area contributed by atoms with Gasteiger partial charge in [-0.15, -0.1) is 0 Å². The van der Waals surface area contributed by atoms with Gasteiger partial charge in [0.2, 0.25) is 17.7 Å². The summed E-state index contributed by atoms with van der Waals surface area (Å²) in [6.45, 7) is 7.32. The molecule has 2 aliphatic rings. The zero-order valence-electron chi connectivity index (χ0n) is 26.8. The molecule has 2 fully saturated rings. The summed E-state index contributed by atoms with van der Waals surface area (Å²) in [5.74, 6) is -2.19. The maximum absolute atomic E-state index is 13.3. The van der Waals surface area contributed by atoms with Gasteiger partial charge in [-0.3, -0.25) is 19.3 Å². The van der Waals surface area contributed by atoms with Crippen LogP contribution in [0.2, 0.25) is 0 Å². The monoisotopic (exact) mass is 633 g/mol. The molecule has 46 heavy (non-hydrogen) atoms. The molecule has 6 N–H and O–H groups in total. The summed E-state index contributed by atoms with van der Waals surface area (Å²) in [6.07, 6.45) is 5.00. The molecule has 3 amide bonds. The van der Waals surface area contributed by atoms with E-state index in [9.17, 15) is 19.2 Å². The number of ether oxygens (including phenoxy) is 1. The van der Waals surface area contributed by atoms with Crippen molar-refractivity contribution >= 4 is 34.6 Å². The summed E-state index contributed by atoms with van der Waals surface area (Å²) in [7, 11) is 0. The van der Waals surface area contributed by atoms with Crippen LogP contribution in [0, 0.1) is 5.41 Å². The van der Waals surface area contributed by atoms with Crippen molar-refractivity contribution in [3.8, 4) is 0 Å². The van der Waals surface area contributed by atoms with Crippen molar-refractivity contribution in [2.45, 2.75) is 77.0 Å². The molecule has 5 rings (SSSR count). The lowest BCUT2D eigenvalue weighted by Crippen LogP contribution is -2.56. The number of primary amides is 1. The first-order valence-corrected chi connectivity index (χ1v) is 16.2. The summed E-state index contributed by atoms with van der Waals surface area (Å²) in [6, 6.07) is 17.9. The Labute approximate surface area is 270 Å². The first-order chi connectivity index (χ1) is 22.1. The van der Waals surface area contributed by atoms with E-state index in [2.05, 4.69) is 34.4 Å². The van der Waals surface area contributed by atoms with E-state index < -0.39 is 29.2 Å². The average Bonchev–Trinajstić information content (AvgIpc) is 3.48. The molecule has 248 valence electrons. The predicted octanol–water partition coefficient (Wildman–Crippen LogP) is 3.63. The van der Waals surface area contributed by atoms with Crippen LogP contribution in [0.5, 0.6) is 0 Å². The number of morpholine rings is 1. The second-order valence-electron chi connectivity index (χ2n) is 12.5. The third kappa shape index (κ3) is 9.40. The van der Waals surface area contributed by atoms with Crippen molar-refractivity contribution in [3.63, 3.8) is 0 Å². The first-order valence-electron chi connectivity index (χ1n) is 16.2. The molecule has 11 heteroatoms. The van der Waals surface area contributed by atoms with Crippen molar-refractivity contribution in [3.05, 3.63) is 71.9 Å². The van der Waals surface area contributed by atoms with Crippen LogP contribution in [-0.4, -0.2) is 83.1 Å². The molecule has 2 aromatic carbocycles. The van der Waals surface area contributed by atoms with Gasteiger partial charge in [-0.1, -0.05) is 67.8 Å². The van der Waals surface area contributed by atoms with Gasteiger partial charge in [0.1, 0.15) is 17.2 Å². The molecule has 3 atom stereocenters. The van der Waals surface area contributed by atoms with E-state index >= 15 is 0 Å². The highest BCUT2D eigenvalue weighted by molar-refractivity contribution is 6.05. The van der Waals surface area contributed by atoms with Crippen LogP contribution in [0.15, 0.2) is 60.7 Å². The Hall–Kier alpha value is -4.22. The van der Waals surface area contributed by atoms with E-state index in [4.69, 9.17) is 15.6 Å². The number of nitrogens with two attached hydrogens (primary N) is 1. The lowest BCUT2D eigenvalue weighted by Gasteiger charge is -2.35. The number of rotatable bonds is 11. The van der Waals surface area contributed by atoms with Gasteiger partial charge in [0.25, 0.3) is 0 Å². The topological polar surface area (TPSA) is 167 Å². The minimum Gasteiger partial charge on any atom is -0.477 e. The summed E-state index contributed by atoms with van der Waals surface area (Å²) in [5, 5.41) is 15.4. The molecule has 1 aromatic heterocycles. The third-order valence-corrected chi connectivity index (χ3v) is 8.72. The number of nitrogens with zero attached hydrogens (tertiary/aromatic N) is 1. The number of aromatic nitrogens is 1. The molecule has 0 bridgehead atoms. The van der Waals surface area contributed by atoms with E-state index in [0.717, 1.165) is 61.8 Å². The van der Waals surface area contributed by atoms with Gasteiger partial charge in [0, 0.05) is 43.5 Å². The van der Waals surface area contributed by atoms with E-state index in [1.165, 1.54) is 0 Å². The Morgan fingerprint density at radius 1 is 1.00 bits per heavy atom. The lowest BCUT2D eigenvalue weighted by atomic mass is 9.72. The second kappa shape index (κ2) is 16.4. The van der Waals surface area contributed by atoms with E-state index in [0.29, 0.717) is 25.8 Å². The van der Waals surface area contributed by atoms with Crippen LogP contribution in [-0.2, 0) is 25.5 Å². The highest BCUT2D eigenvalue weighted by Gasteiger charge is 2.46. The molecule has 3 unspecified atom stereocenters. The maximum atomic E-state index is 13.3. The minimum atomic E-state index is -1.23. The largest absolute Gasteiger partial charge is 0.477 e. The van der Waals surface area contributed by atoms with Gasteiger partial charge in [0.05, 0.1) is 12.2 Å². The molecule has 0 radical (unpaired) electrons. The van der Waals surface area contributed by atoms with Crippen LogP contribution >= 0.6 is 0 Å². The third-order valence-electron chi connectivity index (χ3n) is 8.72. The van der Waals surface area contributed by atoms with Crippen LogP contribution in [0.1, 0.15) is 68.4 Å². The smallest absolute Gasteiger partial charge is 0.352 e. The number of benzene rings is 2. The van der Waals surface area contributed by atoms with E-state index in [-0.39, 0.29) is 23.8 Å². The van der Waals surface area contributed by atoms with Crippen LogP contribution < -0.4 is 16.4 Å².